The van der Waals surface area contributed by atoms with Gasteiger partial charge in [0.2, 0.25) is 11.8 Å². The number of carboxylic acid groups (broad SMARTS) is 1. The number of para-hydroxylation sites is 1. The molecule has 2 aromatic rings. The first-order valence-electron chi connectivity index (χ1n) is 13.8. The smallest absolute Gasteiger partial charge is 0.409 e. The molecule has 0 aliphatic carbocycles. The number of benzene rings is 1. The fourth-order valence-corrected chi connectivity index (χ4v) is 5.24. The van der Waals surface area contributed by atoms with Crippen LogP contribution in [0.4, 0.5) is 10.5 Å². The molecule has 41 heavy (non-hydrogen) atoms. The van der Waals surface area contributed by atoms with E-state index in [0.29, 0.717) is 31.4 Å². The fourth-order valence-electron chi connectivity index (χ4n) is 5.24. The lowest BCUT2D eigenvalue weighted by Gasteiger charge is -2.36. The van der Waals surface area contributed by atoms with Crippen molar-refractivity contribution in [3.63, 3.8) is 0 Å². The normalized spacial score (nSPS) is 16.8. The zero-order valence-corrected chi connectivity index (χ0v) is 23.1. The monoisotopic (exact) mass is 568 g/mol. The molecule has 13 nitrogen and oxygen atoms in total. The number of anilines is 1. The number of piperazine rings is 1. The summed E-state index contributed by atoms with van der Waals surface area (Å²) >= 11 is 0. The number of carbonyl (C=O) groups is 5. The second-order valence-corrected chi connectivity index (χ2v) is 10.2. The maximum absolute atomic E-state index is 13.5. The van der Waals surface area contributed by atoms with Gasteiger partial charge < -0.3 is 35.6 Å². The van der Waals surface area contributed by atoms with Crippen LogP contribution < -0.4 is 16.0 Å². The lowest BCUT2D eigenvalue weighted by atomic mass is 9.95. The number of pyridine rings is 1. The lowest BCUT2D eigenvalue weighted by molar-refractivity contribution is -0.138. The summed E-state index contributed by atoms with van der Waals surface area (Å²) in [5, 5.41) is 12.8. The third kappa shape index (κ3) is 7.21. The van der Waals surface area contributed by atoms with E-state index in [2.05, 4.69) is 15.2 Å². The number of carboxylic acids is 1. The molecule has 4 rings (SSSR count). The largest absolute Gasteiger partial charge is 0.481 e. The number of amides is 4. The lowest BCUT2D eigenvalue weighted by Crippen LogP contribution is -2.56. The van der Waals surface area contributed by atoms with E-state index in [4.69, 9.17) is 10.5 Å². The molecule has 3 heterocycles. The number of aromatic nitrogens is 1. The minimum absolute atomic E-state index is 0.0935. The van der Waals surface area contributed by atoms with Gasteiger partial charge in [-0.15, -0.1) is 0 Å². The van der Waals surface area contributed by atoms with Gasteiger partial charge >= 0.3 is 12.1 Å². The maximum atomic E-state index is 13.5. The number of nitrogens with two attached hydrogens (primary N) is 1. The van der Waals surface area contributed by atoms with Crippen molar-refractivity contribution in [1.82, 2.24) is 20.1 Å². The molecule has 2 aliphatic rings. The molecule has 1 aromatic heterocycles. The van der Waals surface area contributed by atoms with Gasteiger partial charge in [-0.05, 0) is 38.3 Å². The van der Waals surface area contributed by atoms with E-state index < -0.39 is 29.9 Å². The number of primary amides is 1. The summed E-state index contributed by atoms with van der Waals surface area (Å²) in [4.78, 5) is 71.5. The number of hydrogen-bond donors (Lipinski definition) is 3. The van der Waals surface area contributed by atoms with Gasteiger partial charge in [-0.2, -0.15) is 0 Å². The number of hydrogen-bond acceptors (Lipinski definition) is 8. The Bertz CT molecular complexity index is 1300. The Morgan fingerprint density at radius 1 is 1.05 bits per heavy atom. The number of nitrogens with zero attached hydrogens (tertiary/aromatic N) is 4. The molecule has 0 spiro atoms. The molecule has 13 heteroatoms. The molecule has 2 aliphatic heterocycles. The van der Waals surface area contributed by atoms with Gasteiger partial charge in [-0.25, -0.2) is 9.78 Å². The molecule has 4 N–H and O–H groups in total. The van der Waals surface area contributed by atoms with Gasteiger partial charge in [0.1, 0.15) is 11.7 Å². The molecule has 1 unspecified atom stereocenters. The Morgan fingerprint density at radius 2 is 1.71 bits per heavy atom. The van der Waals surface area contributed by atoms with E-state index in [-0.39, 0.29) is 63.1 Å². The maximum Gasteiger partial charge on any atom is 0.409 e. The van der Waals surface area contributed by atoms with Crippen LogP contribution in [0.2, 0.25) is 0 Å². The predicted octanol–water partition coefficient (Wildman–Crippen LogP) is 1.20. The Balaban J connectivity index is 1.52. The van der Waals surface area contributed by atoms with Crippen LogP contribution in [0, 0.1) is 5.92 Å². The highest BCUT2D eigenvalue weighted by Crippen LogP contribution is 2.30. The Labute approximate surface area is 237 Å². The van der Waals surface area contributed by atoms with Crippen LogP contribution in [0.15, 0.2) is 30.3 Å². The van der Waals surface area contributed by atoms with Crippen molar-refractivity contribution in [2.24, 2.45) is 11.7 Å². The fraction of sp³-hybridized carbons (Fsp3) is 0.500. The van der Waals surface area contributed by atoms with Crippen molar-refractivity contribution in [3.8, 4) is 0 Å². The van der Waals surface area contributed by atoms with Crippen LogP contribution in [-0.2, 0) is 19.1 Å². The zero-order valence-electron chi connectivity index (χ0n) is 23.1. The molecule has 0 bridgehead atoms. The van der Waals surface area contributed by atoms with Crippen LogP contribution >= 0.6 is 0 Å². The first kappa shape index (κ1) is 29.6. The Kier molecular flexibility index (Phi) is 9.58. The summed E-state index contributed by atoms with van der Waals surface area (Å²) in [6, 6.07) is 7.98. The first-order chi connectivity index (χ1) is 19.7. The highest BCUT2D eigenvalue weighted by Gasteiger charge is 2.32. The molecular formula is C28H36N6O7. The molecule has 2 saturated heterocycles. The van der Waals surface area contributed by atoms with Crippen molar-refractivity contribution in [3.05, 3.63) is 36.0 Å². The van der Waals surface area contributed by atoms with Gasteiger partial charge in [0.25, 0.3) is 5.91 Å². The van der Waals surface area contributed by atoms with Gasteiger partial charge in [-0.3, -0.25) is 19.2 Å². The number of rotatable bonds is 9. The summed E-state index contributed by atoms with van der Waals surface area (Å²) in [7, 11) is 0. The van der Waals surface area contributed by atoms with Gasteiger partial charge in [0.05, 0.1) is 12.1 Å². The predicted molar refractivity (Wildman–Crippen MR) is 149 cm³/mol. The SMILES string of the molecule is CCOC(=O)N1CCN(C(=O)C(CCC(=O)O)NC(=O)c2cc(N3CCC(C(N)=O)CC3)c3ccccc3n2)CC1. The zero-order chi connectivity index (χ0) is 29.5. The topological polar surface area (TPSA) is 175 Å². The third-order valence-corrected chi connectivity index (χ3v) is 7.53. The summed E-state index contributed by atoms with van der Waals surface area (Å²) in [5.41, 5.74) is 6.97. The van der Waals surface area contributed by atoms with E-state index in [1.165, 1.54) is 9.80 Å². The van der Waals surface area contributed by atoms with Crippen molar-refractivity contribution in [2.75, 3.05) is 50.8 Å². The molecule has 220 valence electrons. The molecule has 2 fully saturated rings. The standard InChI is InChI=1S/C28H36N6O7/c1-2-41-28(40)34-15-13-33(14-16-34)27(39)21(7-8-24(35)36)31-26(38)22-17-23(19-5-3-4-6-20(19)30-22)32-11-9-18(10-12-32)25(29)37/h3-6,17-18,21H,2,7-16H2,1H3,(H2,29,37)(H,31,38)(H,35,36). The number of aliphatic carboxylic acids is 1. The van der Waals surface area contributed by atoms with Crippen LogP contribution in [-0.4, -0.2) is 102 Å². The van der Waals surface area contributed by atoms with Crippen LogP contribution in [0.25, 0.3) is 10.9 Å². The molecule has 0 radical (unpaired) electrons. The van der Waals surface area contributed by atoms with Gasteiger partial charge in [0.15, 0.2) is 0 Å². The van der Waals surface area contributed by atoms with Crippen molar-refractivity contribution >= 4 is 46.4 Å². The van der Waals surface area contributed by atoms with Crippen LogP contribution in [0.5, 0.6) is 0 Å². The number of nitrogens with one attached hydrogen (secondary N) is 1. The summed E-state index contributed by atoms with van der Waals surface area (Å²) in [6.45, 7) is 4.14. The van der Waals surface area contributed by atoms with Crippen molar-refractivity contribution < 1.29 is 33.8 Å². The third-order valence-electron chi connectivity index (χ3n) is 7.53. The molecular weight excluding hydrogens is 532 g/mol. The second kappa shape index (κ2) is 13.3. The first-order valence-corrected chi connectivity index (χ1v) is 13.8. The summed E-state index contributed by atoms with van der Waals surface area (Å²) < 4.78 is 5.02. The van der Waals surface area contributed by atoms with E-state index >= 15 is 0 Å². The second-order valence-electron chi connectivity index (χ2n) is 10.2. The Morgan fingerprint density at radius 3 is 2.34 bits per heavy atom. The minimum Gasteiger partial charge on any atom is -0.481 e. The highest BCUT2D eigenvalue weighted by atomic mass is 16.6. The van der Waals surface area contributed by atoms with E-state index in [1.54, 1.807) is 19.1 Å². The minimum atomic E-state index is -1.09. The number of carbonyl (C=O) groups excluding carboxylic acids is 4. The summed E-state index contributed by atoms with van der Waals surface area (Å²) in [6.07, 6.45) is 0.335. The molecule has 0 saturated carbocycles. The van der Waals surface area contributed by atoms with E-state index in [9.17, 15) is 29.1 Å². The number of piperidine rings is 1. The molecule has 1 atom stereocenters. The van der Waals surface area contributed by atoms with E-state index in [1.807, 2.05) is 18.2 Å². The number of ether oxygens (including phenoxy) is 1. The average molecular weight is 569 g/mol. The van der Waals surface area contributed by atoms with Crippen LogP contribution in [0.3, 0.4) is 0 Å². The van der Waals surface area contributed by atoms with Gasteiger partial charge in [-0.1, -0.05) is 18.2 Å². The summed E-state index contributed by atoms with van der Waals surface area (Å²) in [5.74, 6) is -2.61. The Hall–Kier alpha value is -4.42. The van der Waals surface area contributed by atoms with Crippen molar-refractivity contribution in [2.45, 2.75) is 38.6 Å². The molecule has 4 amide bonds. The molecule has 1 aromatic carbocycles. The average Bonchev–Trinajstić information content (AvgIpc) is 2.98. The van der Waals surface area contributed by atoms with Crippen LogP contribution in [0.1, 0.15) is 43.1 Å². The van der Waals surface area contributed by atoms with E-state index in [0.717, 1.165) is 11.1 Å². The van der Waals surface area contributed by atoms with Crippen molar-refractivity contribution in [1.29, 1.82) is 0 Å². The van der Waals surface area contributed by atoms with Gasteiger partial charge in [0, 0.05) is 62.7 Å². The highest BCUT2D eigenvalue weighted by molar-refractivity contribution is 6.01. The quantitative estimate of drug-likeness (QED) is 0.401. The number of fused-ring (bicyclic) bond motifs is 1.